The summed E-state index contributed by atoms with van der Waals surface area (Å²) in [6.07, 6.45) is 1.20. The summed E-state index contributed by atoms with van der Waals surface area (Å²) in [6.45, 7) is 3.79. The molecule has 2 saturated heterocycles. The van der Waals surface area contributed by atoms with E-state index in [2.05, 4.69) is 5.32 Å². The van der Waals surface area contributed by atoms with Crippen molar-refractivity contribution in [3.8, 4) is 0 Å². The average molecular weight is 140 g/mol. The molecule has 0 unspecified atom stereocenters. The lowest BCUT2D eigenvalue weighted by molar-refractivity contribution is -0.140. The molecule has 0 bridgehead atoms. The second-order valence-electron chi connectivity index (χ2n) is 3.03. The van der Waals surface area contributed by atoms with Gasteiger partial charge in [-0.15, -0.1) is 0 Å². The van der Waals surface area contributed by atoms with Crippen LogP contribution in [0.25, 0.3) is 0 Å². The van der Waals surface area contributed by atoms with E-state index in [0.29, 0.717) is 11.8 Å². The summed E-state index contributed by atoms with van der Waals surface area (Å²) in [6, 6.07) is 0. The van der Waals surface area contributed by atoms with Crippen LogP contribution in [0.5, 0.6) is 0 Å². The normalized spacial score (nSPS) is 25.4. The van der Waals surface area contributed by atoms with Gasteiger partial charge in [0, 0.05) is 26.2 Å². The van der Waals surface area contributed by atoms with Gasteiger partial charge in [-0.05, 0) is 6.42 Å². The second kappa shape index (κ2) is 2.23. The molecule has 2 aliphatic rings. The quantitative estimate of drug-likeness (QED) is 0.529. The van der Waals surface area contributed by atoms with Crippen molar-refractivity contribution >= 4 is 5.91 Å². The van der Waals surface area contributed by atoms with Crippen LogP contribution in [0, 0.1) is 5.92 Å². The van der Waals surface area contributed by atoms with Crippen LogP contribution in [-0.2, 0) is 4.79 Å². The zero-order valence-corrected chi connectivity index (χ0v) is 5.97. The lowest BCUT2D eigenvalue weighted by atomic mass is 10.00. The van der Waals surface area contributed by atoms with Crippen LogP contribution in [0.15, 0.2) is 0 Å². The maximum absolute atomic E-state index is 11.3. The van der Waals surface area contributed by atoms with Crippen molar-refractivity contribution in [2.24, 2.45) is 5.92 Å². The summed E-state index contributed by atoms with van der Waals surface area (Å²) < 4.78 is 0. The minimum absolute atomic E-state index is 0.306. The first-order valence-electron chi connectivity index (χ1n) is 3.87. The van der Waals surface area contributed by atoms with Gasteiger partial charge < -0.3 is 10.2 Å². The first-order chi connectivity index (χ1) is 4.88. The van der Waals surface area contributed by atoms with E-state index < -0.39 is 0 Å². The van der Waals surface area contributed by atoms with E-state index in [1.165, 1.54) is 6.42 Å². The summed E-state index contributed by atoms with van der Waals surface area (Å²) in [5, 5.41) is 3.10. The first-order valence-corrected chi connectivity index (χ1v) is 3.87. The molecule has 0 radical (unpaired) electrons. The van der Waals surface area contributed by atoms with E-state index in [4.69, 9.17) is 0 Å². The van der Waals surface area contributed by atoms with Crippen LogP contribution >= 0.6 is 0 Å². The van der Waals surface area contributed by atoms with E-state index in [-0.39, 0.29) is 0 Å². The van der Waals surface area contributed by atoms with Crippen molar-refractivity contribution < 1.29 is 4.79 Å². The largest absolute Gasteiger partial charge is 0.342 e. The maximum Gasteiger partial charge on any atom is 0.228 e. The van der Waals surface area contributed by atoms with Crippen molar-refractivity contribution in [3.63, 3.8) is 0 Å². The van der Waals surface area contributed by atoms with Crippen LogP contribution < -0.4 is 5.32 Å². The van der Waals surface area contributed by atoms with Crippen LogP contribution in [0.4, 0.5) is 0 Å². The molecule has 0 aliphatic carbocycles. The molecule has 1 amide bonds. The zero-order chi connectivity index (χ0) is 6.97. The Morgan fingerprint density at radius 3 is 2.40 bits per heavy atom. The SMILES string of the molecule is O=C(C1CNC1)N1CCC1. The zero-order valence-electron chi connectivity index (χ0n) is 5.97. The monoisotopic (exact) mass is 140 g/mol. The van der Waals surface area contributed by atoms with Crippen molar-refractivity contribution in [2.45, 2.75) is 6.42 Å². The van der Waals surface area contributed by atoms with E-state index in [1.54, 1.807) is 0 Å². The average Bonchev–Trinajstić information content (AvgIpc) is 1.52. The molecular weight excluding hydrogens is 128 g/mol. The van der Waals surface area contributed by atoms with Gasteiger partial charge in [0.05, 0.1) is 5.92 Å². The van der Waals surface area contributed by atoms with Gasteiger partial charge in [-0.2, -0.15) is 0 Å². The highest BCUT2D eigenvalue weighted by Crippen LogP contribution is 2.13. The summed E-state index contributed by atoms with van der Waals surface area (Å²) in [5.74, 6) is 0.672. The molecule has 0 aromatic carbocycles. The highest BCUT2D eigenvalue weighted by atomic mass is 16.2. The van der Waals surface area contributed by atoms with E-state index in [1.807, 2.05) is 4.90 Å². The second-order valence-corrected chi connectivity index (χ2v) is 3.03. The van der Waals surface area contributed by atoms with Crippen molar-refractivity contribution in [3.05, 3.63) is 0 Å². The van der Waals surface area contributed by atoms with Crippen molar-refractivity contribution in [1.82, 2.24) is 10.2 Å². The molecule has 56 valence electrons. The van der Waals surface area contributed by atoms with Crippen LogP contribution in [0.1, 0.15) is 6.42 Å². The van der Waals surface area contributed by atoms with Crippen molar-refractivity contribution in [2.75, 3.05) is 26.2 Å². The number of carbonyl (C=O) groups is 1. The molecule has 0 aromatic heterocycles. The Labute approximate surface area is 60.4 Å². The van der Waals surface area contributed by atoms with Crippen LogP contribution in [0.3, 0.4) is 0 Å². The standard InChI is InChI=1S/C7H12N2O/c10-7(6-4-8-5-6)9-2-1-3-9/h6,8H,1-5H2. The number of nitrogens with zero attached hydrogens (tertiary/aromatic N) is 1. The van der Waals surface area contributed by atoms with Gasteiger partial charge >= 0.3 is 0 Å². The van der Waals surface area contributed by atoms with Crippen LogP contribution in [-0.4, -0.2) is 37.0 Å². The minimum Gasteiger partial charge on any atom is -0.342 e. The molecule has 2 rings (SSSR count). The Kier molecular flexibility index (Phi) is 1.38. The fourth-order valence-electron chi connectivity index (χ4n) is 1.26. The number of carbonyl (C=O) groups excluding carboxylic acids is 1. The van der Waals surface area contributed by atoms with Gasteiger partial charge in [0.1, 0.15) is 0 Å². The highest BCUT2D eigenvalue weighted by molar-refractivity contribution is 5.80. The summed E-state index contributed by atoms with van der Waals surface area (Å²) >= 11 is 0. The molecule has 1 N–H and O–H groups in total. The number of hydrogen-bond donors (Lipinski definition) is 1. The summed E-state index contributed by atoms with van der Waals surface area (Å²) in [5.41, 5.74) is 0. The van der Waals surface area contributed by atoms with Gasteiger partial charge in [0.25, 0.3) is 0 Å². The molecule has 0 atom stereocenters. The number of likely N-dealkylation sites (tertiary alicyclic amines) is 1. The van der Waals surface area contributed by atoms with Gasteiger partial charge in [0.2, 0.25) is 5.91 Å². The number of hydrogen-bond acceptors (Lipinski definition) is 2. The van der Waals surface area contributed by atoms with Gasteiger partial charge in [-0.25, -0.2) is 0 Å². The van der Waals surface area contributed by atoms with Crippen molar-refractivity contribution in [1.29, 1.82) is 0 Å². The molecule has 2 heterocycles. The topological polar surface area (TPSA) is 32.3 Å². The molecule has 0 spiro atoms. The summed E-state index contributed by atoms with van der Waals surface area (Å²) in [7, 11) is 0. The Hall–Kier alpha value is -0.570. The smallest absolute Gasteiger partial charge is 0.228 e. The molecule has 3 heteroatoms. The first kappa shape index (κ1) is 6.16. The Morgan fingerprint density at radius 1 is 1.40 bits per heavy atom. The minimum atomic E-state index is 0.306. The molecule has 0 aromatic rings. The fraction of sp³-hybridized carbons (Fsp3) is 0.857. The maximum atomic E-state index is 11.3. The molecular formula is C7H12N2O. The molecule has 2 fully saturated rings. The lowest BCUT2D eigenvalue weighted by Crippen LogP contribution is -2.55. The number of amides is 1. The number of rotatable bonds is 1. The van der Waals surface area contributed by atoms with E-state index in [0.717, 1.165) is 26.2 Å². The van der Waals surface area contributed by atoms with E-state index in [9.17, 15) is 4.79 Å². The molecule has 0 saturated carbocycles. The van der Waals surface area contributed by atoms with E-state index >= 15 is 0 Å². The molecule has 3 nitrogen and oxygen atoms in total. The fourth-order valence-corrected chi connectivity index (χ4v) is 1.26. The molecule has 10 heavy (non-hydrogen) atoms. The third-order valence-corrected chi connectivity index (χ3v) is 2.30. The third kappa shape index (κ3) is 0.814. The van der Waals surface area contributed by atoms with Crippen LogP contribution in [0.2, 0.25) is 0 Å². The third-order valence-electron chi connectivity index (χ3n) is 2.30. The highest BCUT2D eigenvalue weighted by Gasteiger charge is 2.31. The lowest BCUT2D eigenvalue weighted by Gasteiger charge is -2.37. The Balaban J connectivity index is 1.84. The van der Waals surface area contributed by atoms with Gasteiger partial charge in [-0.3, -0.25) is 4.79 Å². The predicted molar refractivity (Wildman–Crippen MR) is 37.6 cm³/mol. The Morgan fingerprint density at radius 2 is 2.10 bits per heavy atom. The number of nitrogens with one attached hydrogen (secondary N) is 1. The molecule has 2 aliphatic heterocycles. The van der Waals surface area contributed by atoms with Gasteiger partial charge in [-0.1, -0.05) is 0 Å². The Bertz CT molecular complexity index is 134. The predicted octanol–water partition coefficient (Wildman–Crippen LogP) is -0.562. The summed E-state index contributed by atoms with van der Waals surface area (Å²) in [4.78, 5) is 13.2. The van der Waals surface area contributed by atoms with Gasteiger partial charge in [0.15, 0.2) is 0 Å².